The van der Waals surface area contributed by atoms with Crippen molar-refractivity contribution in [1.82, 2.24) is 5.32 Å². The Kier molecular flexibility index (Phi) is 6.97. The minimum Gasteiger partial charge on any atom is -0.353 e. The molecular weight excluding hydrogens is 369 g/mol. The molecule has 7 heteroatoms. The zero-order valence-electron chi connectivity index (χ0n) is 15.9. The molecule has 0 radical (unpaired) electrons. The fraction of sp³-hybridized carbons (Fsp3) is 0.619. The van der Waals surface area contributed by atoms with Gasteiger partial charge in [-0.3, -0.25) is 9.59 Å². The molecule has 3 rings (SSSR count). The van der Waals surface area contributed by atoms with E-state index in [1.807, 2.05) is 0 Å². The maximum atomic E-state index is 13.7. The molecule has 1 aromatic carbocycles. The van der Waals surface area contributed by atoms with Gasteiger partial charge in [-0.05, 0) is 50.7 Å². The topological polar surface area (TPSA) is 58.2 Å². The van der Waals surface area contributed by atoms with Gasteiger partial charge in [0.1, 0.15) is 0 Å². The third-order valence-electron chi connectivity index (χ3n) is 5.96. The van der Waals surface area contributed by atoms with Gasteiger partial charge in [-0.2, -0.15) is 0 Å². The summed E-state index contributed by atoms with van der Waals surface area (Å²) in [6, 6.07) is 2.05. The molecule has 2 aliphatic carbocycles. The van der Waals surface area contributed by atoms with Crippen LogP contribution < -0.4 is 10.6 Å². The van der Waals surface area contributed by atoms with Crippen LogP contribution >= 0.6 is 0 Å². The molecular formula is C21H27F3N2O2. The summed E-state index contributed by atoms with van der Waals surface area (Å²) in [6.45, 7) is 0. The predicted octanol–water partition coefficient (Wildman–Crippen LogP) is 4.69. The zero-order valence-corrected chi connectivity index (χ0v) is 15.9. The first-order valence-corrected chi connectivity index (χ1v) is 10.2. The van der Waals surface area contributed by atoms with Gasteiger partial charge in [0.15, 0.2) is 17.5 Å². The lowest BCUT2D eigenvalue weighted by molar-refractivity contribution is -0.129. The molecule has 2 N–H and O–H groups in total. The standard InChI is InChI=1S/C21H27F3N2O2/c22-16-11-12-17(19(24)18(16)23)26-21(28)14-9-7-13(8-10-14)20(27)25-15-5-3-1-2-4-6-15/h11-15H,1-10H2,(H,25,27)(H,26,28). The molecule has 0 heterocycles. The lowest BCUT2D eigenvalue weighted by atomic mass is 9.81. The molecule has 1 aromatic rings. The highest BCUT2D eigenvalue weighted by Crippen LogP contribution is 2.31. The number of nitrogens with one attached hydrogen (secondary N) is 2. The minimum atomic E-state index is -1.60. The Morgan fingerprint density at radius 2 is 1.32 bits per heavy atom. The van der Waals surface area contributed by atoms with E-state index in [-0.39, 0.29) is 29.5 Å². The van der Waals surface area contributed by atoms with Crippen molar-refractivity contribution in [3.63, 3.8) is 0 Å². The lowest BCUT2D eigenvalue weighted by Gasteiger charge is -2.28. The van der Waals surface area contributed by atoms with E-state index in [2.05, 4.69) is 10.6 Å². The van der Waals surface area contributed by atoms with E-state index in [0.717, 1.165) is 37.8 Å². The molecule has 2 amide bonds. The average molecular weight is 396 g/mol. The second-order valence-corrected chi connectivity index (χ2v) is 7.96. The molecule has 4 nitrogen and oxygen atoms in total. The summed E-state index contributed by atoms with van der Waals surface area (Å²) < 4.78 is 40.0. The number of carbonyl (C=O) groups excluding carboxylic acids is 2. The van der Waals surface area contributed by atoms with E-state index in [1.54, 1.807) is 0 Å². The van der Waals surface area contributed by atoms with Crippen molar-refractivity contribution in [3.05, 3.63) is 29.6 Å². The SMILES string of the molecule is O=C(Nc1ccc(F)c(F)c1F)C1CCC(C(=O)NC2CCCCCC2)CC1. The number of carbonyl (C=O) groups is 2. The van der Waals surface area contributed by atoms with Crippen molar-refractivity contribution in [2.24, 2.45) is 11.8 Å². The number of hydrogen-bond acceptors (Lipinski definition) is 2. The zero-order chi connectivity index (χ0) is 20.1. The molecule has 0 unspecified atom stereocenters. The normalized spacial score (nSPS) is 23.7. The highest BCUT2D eigenvalue weighted by atomic mass is 19.2. The molecule has 0 spiro atoms. The summed E-state index contributed by atoms with van der Waals surface area (Å²) in [6.07, 6.45) is 9.03. The van der Waals surface area contributed by atoms with Crippen LogP contribution in [0.25, 0.3) is 0 Å². The second kappa shape index (κ2) is 9.43. The van der Waals surface area contributed by atoms with Gasteiger partial charge in [0, 0.05) is 17.9 Å². The molecule has 28 heavy (non-hydrogen) atoms. The van der Waals surface area contributed by atoms with E-state index >= 15 is 0 Å². The summed E-state index contributed by atoms with van der Waals surface area (Å²) in [5, 5.41) is 5.51. The van der Waals surface area contributed by atoms with Crippen molar-refractivity contribution in [1.29, 1.82) is 0 Å². The van der Waals surface area contributed by atoms with Crippen molar-refractivity contribution in [3.8, 4) is 0 Å². The number of rotatable bonds is 4. The van der Waals surface area contributed by atoms with E-state index in [9.17, 15) is 22.8 Å². The largest absolute Gasteiger partial charge is 0.353 e. The molecule has 0 aromatic heterocycles. The first-order valence-electron chi connectivity index (χ1n) is 10.2. The van der Waals surface area contributed by atoms with E-state index < -0.39 is 23.4 Å². The first-order chi connectivity index (χ1) is 13.5. The third kappa shape index (κ3) is 5.06. The van der Waals surface area contributed by atoms with Crippen LogP contribution in [-0.4, -0.2) is 17.9 Å². The van der Waals surface area contributed by atoms with Gasteiger partial charge in [0.05, 0.1) is 5.69 Å². The second-order valence-electron chi connectivity index (χ2n) is 7.96. The molecule has 2 saturated carbocycles. The monoisotopic (exact) mass is 396 g/mol. The van der Waals surface area contributed by atoms with Crippen LogP contribution in [0.3, 0.4) is 0 Å². The Bertz CT molecular complexity index is 710. The predicted molar refractivity (Wildman–Crippen MR) is 100 cm³/mol. The molecule has 0 bridgehead atoms. The Morgan fingerprint density at radius 1 is 0.750 bits per heavy atom. The maximum Gasteiger partial charge on any atom is 0.227 e. The van der Waals surface area contributed by atoms with Crippen LogP contribution in [0.2, 0.25) is 0 Å². The van der Waals surface area contributed by atoms with Gasteiger partial charge in [0.2, 0.25) is 11.8 Å². The molecule has 2 fully saturated rings. The van der Waals surface area contributed by atoms with Crippen LogP contribution in [0.5, 0.6) is 0 Å². The summed E-state index contributed by atoms with van der Waals surface area (Å²) >= 11 is 0. The van der Waals surface area contributed by atoms with Crippen LogP contribution in [-0.2, 0) is 9.59 Å². The molecule has 2 aliphatic rings. The van der Waals surface area contributed by atoms with Gasteiger partial charge in [-0.1, -0.05) is 25.7 Å². The average Bonchev–Trinajstić information content (AvgIpc) is 2.97. The van der Waals surface area contributed by atoms with Crippen molar-refractivity contribution >= 4 is 17.5 Å². The number of amides is 2. The fourth-order valence-corrected chi connectivity index (χ4v) is 4.22. The Hall–Kier alpha value is -2.05. The quantitative estimate of drug-likeness (QED) is 0.573. The lowest BCUT2D eigenvalue weighted by Crippen LogP contribution is -2.40. The number of hydrogen-bond donors (Lipinski definition) is 2. The number of halogens is 3. The highest BCUT2D eigenvalue weighted by Gasteiger charge is 2.31. The van der Waals surface area contributed by atoms with Gasteiger partial charge < -0.3 is 10.6 Å². The van der Waals surface area contributed by atoms with E-state index in [0.29, 0.717) is 25.7 Å². The number of benzene rings is 1. The molecule has 0 atom stereocenters. The van der Waals surface area contributed by atoms with E-state index in [4.69, 9.17) is 0 Å². The van der Waals surface area contributed by atoms with Gasteiger partial charge >= 0.3 is 0 Å². The van der Waals surface area contributed by atoms with Crippen LogP contribution in [0.1, 0.15) is 64.2 Å². The Balaban J connectivity index is 1.48. The summed E-state index contributed by atoms with van der Waals surface area (Å²) in [7, 11) is 0. The van der Waals surface area contributed by atoms with E-state index in [1.165, 1.54) is 12.8 Å². The Labute approximate surface area is 163 Å². The summed E-state index contributed by atoms with van der Waals surface area (Å²) in [5.41, 5.74) is -0.364. The van der Waals surface area contributed by atoms with Crippen molar-refractivity contribution in [2.45, 2.75) is 70.3 Å². The highest BCUT2D eigenvalue weighted by molar-refractivity contribution is 5.93. The smallest absolute Gasteiger partial charge is 0.227 e. The number of anilines is 1. The van der Waals surface area contributed by atoms with Gasteiger partial charge in [0.25, 0.3) is 0 Å². The third-order valence-corrected chi connectivity index (χ3v) is 5.96. The summed E-state index contributed by atoms with van der Waals surface area (Å²) in [4.78, 5) is 24.9. The minimum absolute atomic E-state index is 0.0670. The fourth-order valence-electron chi connectivity index (χ4n) is 4.22. The van der Waals surface area contributed by atoms with Crippen molar-refractivity contribution in [2.75, 3.05) is 5.32 Å². The first kappa shape index (κ1) is 20.7. The molecule has 0 saturated heterocycles. The molecule has 0 aliphatic heterocycles. The van der Waals surface area contributed by atoms with Gasteiger partial charge in [-0.15, -0.1) is 0 Å². The Morgan fingerprint density at radius 3 is 1.93 bits per heavy atom. The molecule has 154 valence electrons. The van der Waals surface area contributed by atoms with Crippen molar-refractivity contribution < 1.29 is 22.8 Å². The summed E-state index contributed by atoms with van der Waals surface area (Å²) in [5.74, 6) is -5.12. The maximum absolute atomic E-state index is 13.7. The van der Waals surface area contributed by atoms with Gasteiger partial charge in [-0.25, -0.2) is 13.2 Å². The van der Waals surface area contributed by atoms with Crippen LogP contribution in [0, 0.1) is 29.3 Å². The van der Waals surface area contributed by atoms with Crippen LogP contribution in [0.4, 0.5) is 18.9 Å². The van der Waals surface area contributed by atoms with Crippen LogP contribution in [0.15, 0.2) is 12.1 Å².